The summed E-state index contributed by atoms with van der Waals surface area (Å²) in [5, 5.41) is 4.31. The highest BCUT2D eigenvalue weighted by atomic mass is 35.5. The molecule has 2 rings (SSSR count). The Kier molecular flexibility index (Phi) is 3.82. The van der Waals surface area contributed by atoms with Crippen LogP contribution in [0.15, 0.2) is 18.3 Å². The van der Waals surface area contributed by atoms with Crippen molar-refractivity contribution in [2.75, 3.05) is 0 Å². The summed E-state index contributed by atoms with van der Waals surface area (Å²) in [4.78, 5) is 4.29. The van der Waals surface area contributed by atoms with E-state index in [4.69, 9.17) is 11.6 Å². The van der Waals surface area contributed by atoms with Crippen LogP contribution in [0.2, 0.25) is 5.02 Å². The largest absolute Gasteiger partial charge is 0.308 e. The molecule has 0 amide bonds. The lowest BCUT2D eigenvalue weighted by atomic mass is 9.99. The Bertz CT molecular complexity index is 328. The van der Waals surface area contributed by atoms with Crippen molar-refractivity contribution in [2.45, 2.75) is 39.3 Å². The maximum Gasteiger partial charge on any atom is 0.0589 e. The second kappa shape index (κ2) is 5.15. The Balaban J connectivity index is 1.87. The standard InChI is InChI=1S/C13H19ClN2/c1-9(2)13(10-3-4-10)16-8-12-6-5-11(14)7-15-12/h5-7,9-10,13,16H,3-4,8H2,1-2H3. The predicted molar refractivity (Wildman–Crippen MR) is 67.4 cm³/mol. The molecule has 0 saturated heterocycles. The first-order chi connectivity index (χ1) is 7.66. The van der Waals surface area contributed by atoms with E-state index in [9.17, 15) is 0 Å². The summed E-state index contributed by atoms with van der Waals surface area (Å²) >= 11 is 5.80. The summed E-state index contributed by atoms with van der Waals surface area (Å²) in [5.74, 6) is 1.58. The van der Waals surface area contributed by atoms with Gasteiger partial charge in [0.1, 0.15) is 0 Å². The molecule has 3 heteroatoms. The highest BCUT2D eigenvalue weighted by Gasteiger charge is 2.32. The van der Waals surface area contributed by atoms with Crippen LogP contribution in [0, 0.1) is 11.8 Å². The third-order valence-corrected chi connectivity index (χ3v) is 3.38. The van der Waals surface area contributed by atoms with Crippen LogP contribution in [0.25, 0.3) is 0 Å². The van der Waals surface area contributed by atoms with E-state index in [1.807, 2.05) is 12.1 Å². The van der Waals surface area contributed by atoms with Gasteiger partial charge in [-0.15, -0.1) is 0 Å². The van der Waals surface area contributed by atoms with Gasteiger partial charge in [-0.2, -0.15) is 0 Å². The van der Waals surface area contributed by atoms with E-state index in [2.05, 4.69) is 24.1 Å². The smallest absolute Gasteiger partial charge is 0.0589 e. The van der Waals surface area contributed by atoms with Crippen molar-refractivity contribution in [3.63, 3.8) is 0 Å². The molecule has 1 fully saturated rings. The van der Waals surface area contributed by atoms with Gasteiger partial charge in [0.2, 0.25) is 0 Å². The fourth-order valence-electron chi connectivity index (χ4n) is 2.14. The minimum atomic E-state index is 0.637. The molecule has 1 aliphatic carbocycles. The predicted octanol–water partition coefficient (Wildman–Crippen LogP) is 3.26. The zero-order valence-electron chi connectivity index (χ0n) is 9.91. The van der Waals surface area contributed by atoms with E-state index in [0.717, 1.165) is 18.2 Å². The number of hydrogen-bond donors (Lipinski definition) is 1. The van der Waals surface area contributed by atoms with Gasteiger partial charge >= 0.3 is 0 Å². The van der Waals surface area contributed by atoms with Gasteiger partial charge in [0, 0.05) is 18.8 Å². The van der Waals surface area contributed by atoms with Gasteiger partial charge in [-0.3, -0.25) is 4.98 Å². The van der Waals surface area contributed by atoms with Crippen LogP contribution >= 0.6 is 11.6 Å². The second-order valence-corrected chi connectivity index (χ2v) is 5.39. The molecule has 1 aromatic heterocycles. The van der Waals surface area contributed by atoms with Crippen LogP contribution in [-0.4, -0.2) is 11.0 Å². The van der Waals surface area contributed by atoms with Crippen molar-refractivity contribution in [1.82, 2.24) is 10.3 Å². The van der Waals surface area contributed by atoms with Gasteiger partial charge in [0.05, 0.1) is 10.7 Å². The molecular formula is C13H19ClN2. The third kappa shape index (κ3) is 3.19. The summed E-state index contributed by atoms with van der Waals surface area (Å²) in [6, 6.07) is 4.52. The third-order valence-electron chi connectivity index (χ3n) is 3.16. The normalized spacial score (nSPS) is 17.8. The average molecular weight is 239 g/mol. The van der Waals surface area contributed by atoms with E-state index in [-0.39, 0.29) is 0 Å². The zero-order chi connectivity index (χ0) is 11.5. The van der Waals surface area contributed by atoms with Crippen molar-refractivity contribution in [2.24, 2.45) is 11.8 Å². The topological polar surface area (TPSA) is 24.9 Å². The number of nitrogens with one attached hydrogen (secondary N) is 1. The number of nitrogens with zero attached hydrogens (tertiary/aromatic N) is 1. The molecule has 1 saturated carbocycles. The summed E-state index contributed by atoms with van der Waals surface area (Å²) in [5.41, 5.74) is 1.07. The van der Waals surface area contributed by atoms with Crippen LogP contribution in [-0.2, 0) is 6.54 Å². The van der Waals surface area contributed by atoms with Crippen molar-refractivity contribution < 1.29 is 0 Å². The molecule has 1 unspecified atom stereocenters. The first-order valence-electron chi connectivity index (χ1n) is 6.00. The average Bonchev–Trinajstić information content (AvgIpc) is 3.05. The molecule has 0 aromatic carbocycles. The molecule has 0 bridgehead atoms. The summed E-state index contributed by atoms with van der Waals surface area (Å²) in [7, 11) is 0. The molecular weight excluding hydrogens is 220 g/mol. The molecule has 16 heavy (non-hydrogen) atoms. The van der Waals surface area contributed by atoms with Gasteiger partial charge in [-0.25, -0.2) is 0 Å². The quantitative estimate of drug-likeness (QED) is 0.852. The lowest BCUT2D eigenvalue weighted by Gasteiger charge is -2.21. The van der Waals surface area contributed by atoms with Crippen molar-refractivity contribution in [3.8, 4) is 0 Å². The summed E-state index contributed by atoms with van der Waals surface area (Å²) in [6.07, 6.45) is 4.47. The molecule has 0 aliphatic heterocycles. The number of aromatic nitrogens is 1. The van der Waals surface area contributed by atoms with Crippen molar-refractivity contribution >= 4 is 11.6 Å². The number of rotatable bonds is 5. The van der Waals surface area contributed by atoms with E-state index in [0.29, 0.717) is 17.0 Å². The van der Waals surface area contributed by atoms with E-state index in [1.165, 1.54) is 12.8 Å². The molecule has 1 atom stereocenters. The first-order valence-corrected chi connectivity index (χ1v) is 6.38. The molecule has 2 nitrogen and oxygen atoms in total. The van der Waals surface area contributed by atoms with E-state index in [1.54, 1.807) is 6.20 Å². The molecule has 0 radical (unpaired) electrons. The number of halogens is 1. The van der Waals surface area contributed by atoms with Crippen LogP contribution in [0.3, 0.4) is 0 Å². The van der Waals surface area contributed by atoms with Crippen LogP contribution in [0.5, 0.6) is 0 Å². The van der Waals surface area contributed by atoms with Gasteiger partial charge in [-0.05, 0) is 36.8 Å². The minimum absolute atomic E-state index is 0.637. The Morgan fingerprint density at radius 3 is 2.69 bits per heavy atom. The van der Waals surface area contributed by atoms with Crippen molar-refractivity contribution in [3.05, 3.63) is 29.0 Å². The Morgan fingerprint density at radius 1 is 1.44 bits per heavy atom. The maximum absolute atomic E-state index is 5.80. The maximum atomic E-state index is 5.80. The highest BCUT2D eigenvalue weighted by molar-refractivity contribution is 6.30. The second-order valence-electron chi connectivity index (χ2n) is 4.96. The van der Waals surface area contributed by atoms with Gasteiger partial charge < -0.3 is 5.32 Å². The Labute approximate surface area is 102 Å². The van der Waals surface area contributed by atoms with Gasteiger partial charge in [-0.1, -0.05) is 25.4 Å². The molecule has 1 aromatic rings. The fourth-order valence-corrected chi connectivity index (χ4v) is 2.25. The van der Waals surface area contributed by atoms with E-state index < -0.39 is 0 Å². The number of pyridine rings is 1. The highest BCUT2D eigenvalue weighted by Crippen LogP contribution is 2.35. The Morgan fingerprint density at radius 2 is 2.19 bits per heavy atom. The zero-order valence-corrected chi connectivity index (χ0v) is 10.7. The lowest BCUT2D eigenvalue weighted by Crippen LogP contribution is -2.35. The van der Waals surface area contributed by atoms with Gasteiger partial charge in [0.15, 0.2) is 0 Å². The minimum Gasteiger partial charge on any atom is -0.308 e. The first kappa shape index (κ1) is 11.9. The monoisotopic (exact) mass is 238 g/mol. The van der Waals surface area contributed by atoms with Gasteiger partial charge in [0.25, 0.3) is 0 Å². The van der Waals surface area contributed by atoms with Crippen LogP contribution in [0.1, 0.15) is 32.4 Å². The Hall–Kier alpha value is -0.600. The van der Waals surface area contributed by atoms with E-state index >= 15 is 0 Å². The molecule has 1 N–H and O–H groups in total. The van der Waals surface area contributed by atoms with Crippen LogP contribution in [0.4, 0.5) is 0 Å². The molecule has 1 heterocycles. The SMILES string of the molecule is CC(C)C(NCc1ccc(Cl)cn1)C1CC1. The molecule has 88 valence electrons. The molecule has 0 spiro atoms. The lowest BCUT2D eigenvalue weighted by molar-refractivity contribution is 0.357. The summed E-state index contributed by atoms with van der Waals surface area (Å²) in [6.45, 7) is 5.41. The summed E-state index contributed by atoms with van der Waals surface area (Å²) < 4.78 is 0. The van der Waals surface area contributed by atoms with Crippen molar-refractivity contribution in [1.29, 1.82) is 0 Å². The van der Waals surface area contributed by atoms with Crippen LogP contribution < -0.4 is 5.32 Å². The fraction of sp³-hybridized carbons (Fsp3) is 0.615. The molecule has 1 aliphatic rings. The number of hydrogen-bond acceptors (Lipinski definition) is 2.